The predicted octanol–water partition coefficient (Wildman–Crippen LogP) is 4.49. The maximum atomic E-state index is 10.9. The van der Waals surface area contributed by atoms with Crippen molar-refractivity contribution >= 4 is 69.9 Å². The lowest BCUT2D eigenvalue weighted by Gasteiger charge is -1.89. The van der Waals surface area contributed by atoms with Gasteiger partial charge in [0.05, 0.1) is 17.7 Å². The SMILES string of the molecule is Cc1c(C(=O)O)sc2c(Br)c(Br)sc12. The van der Waals surface area contributed by atoms with Gasteiger partial charge in [-0.05, 0) is 44.3 Å². The van der Waals surface area contributed by atoms with Gasteiger partial charge < -0.3 is 5.11 Å². The number of carbonyl (C=O) groups is 1. The first-order chi connectivity index (χ1) is 6.52. The topological polar surface area (TPSA) is 37.3 Å². The molecule has 0 bridgehead atoms. The Hall–Kier alpha value is 0.0900. The molecule has 0 aliphatic carbocycles. The van der Waals surface area contributed by atoms with Crippen LogP contribution in [0.5, 0.6) is 0 Å². The Kier molecular flexibility index (Phi) is 2.72. The summed E-state index contributed by atoms with van der Waals surface area (Å²) in [5, 5.41) is 8.93. The van der Waals surface area contributed by atoms with E-state index in [1.165, 1.54) is 11.3 Å². The first-order valence-corrected chi connectivity index (χ1v) is 6.84. The molecule has 14 heavy (non-hydrogen) atoms. The standard InChI is InChI=1S/C8H4Br2O2S2/c1-2-4-6(3(9)7(10)14-4)13-5(2)8(11)12/h1H3,(H,11,12). The molecule has 0 aliphatic heterocycles. The molecule has 0 saturated heterocycles. The average Bonchev–Trinajstić information content (AvgIpc) is 2.56. The van der Waals surface area contributed by atoms with Crippen LogP contribution in [0, 0.1) is 6.92 Å². The van der Waals surface area contributed by atoms with Gasteiger partial charge in [-0.2, -0.15) is 0 Å². The summed E-state index contributed by atoms with van der Waals surface area (Å²) in [6, 6.07) is 0. The zero-order chi connectivity index (χ0) is 10.5. The van der Waals surface area contributed by atoms with Crippen molar-refractivity contribution in [2.75, 3.05) is 0 Å². The molecule has 0 atom stereocenters. The molecule has 1 N–H and O–H groups in total. The van der Waals surface area contributed by atoms with Gasteiger partial charge in [0.25, 0.3) is 0 Å². The largest absolute Gasteiger partial charge is 0.477 e. The Morgan fingerprint density at radius 3 is 2.43 bits per heavy atom. The van der Waals surface area contributed by atoms with E-state index < -0.39 is 5.97 Å². The van der Waals surface area contributed by atoms with Crippen LogP contribution in [0.15, 0.2) is 8.26 Å². The summed E-state index contributed by atoms with van der Waals surface area (Å²) in [4.78, 5) is 11.3. The van der Waals surface area contributed by atoms with Gasteiger partial charge in [0.1, 0.15) is 4.88 Å². The van der Waals surface area contributed by atoms with Crippen LogP contribution in [-0.4, -0.2) is 11.1 Å². The van der Waals surface area contributed by atoms with Crippen molar-refractivity contribution in [3.8, 4) is 0 Å². The minimum Gasteiger partial charge on any atom is -0.477 e. The van der Waals surface area contributed by atoms with Crippen LogP contribution in [0.4, 0.5) is 0 Å². The van der Waals surface area contributed by atoms with Crippen molar-refractivity contribution in [1.82, 2.24) is 0 Å². The number of aryl methyl sites for hydroxylation is 1. The van der Waals surface area contributed by atoms with E-state index in [4.69, 9.17) is 5.11 Å². The number of rotatable bonds is 1. The predicted molar refractivity (Wildman–Crippen MR) is 66.8 cm³/mol. The van der Waals surface area contributed by atoms with Gasteiger partial charge in [0.15, 0.2) is 0 Å². The van der Waals surface area contributed by atoms with Crippen LogP contribution in [0.2, 0.25) is 0 Å². The number of aromatic carboxylic acids is 1. The maximum absolute atomic E-state index is 10.9. The lowest BCUT2D eigenvalue weighted by Crippen LogP contribution is -1.93. The number of hydrogen-bond donors (Lipinski definition) is 1. The van der Waals surface area contributed by atoms with Gasteiger partial charge >= 0.3 is 5.97 Å². The van der Waals surface area contributed by atoms with Crippen molar-refractivity contribution in [3.05, 3.63) is 18.7 Å². The summed E-state index contributed by atoms with van der Waals surface area (Å²) in [5.74, 6) is -0.848. The zero-order valence-electron chi connectivity index (χ0n) is 6.93. The van der Waals surface area contributed by atoms with Crippen LogP contribution >= 0.6 is 54.5 Å². The second kappa shape index (κ2) is 3.59. The Morgan fingerprint density at radius 1 is 1.29 bits per heavy atom. The first kappa shape index (κ1) is 10.6. The molecule has 0 radical (unpaired) electrons. The van der Waals surface area contributed by atoms with E-state index in [2.05, 4.69) is 31.9 Å². The summed E-state index contributed by atoms with van der Waals surface area (Å²) in [6.07, 6.45) is 0. The number of halogens is 2. The highest BCUT2D eigenvalue weighted by molar-refractivity contribution is 9.13. The lowest BCUT2D eigenvalue weighted by molar-refractivity contribution is 0.0701. The molecule has 2 aromatic rings. The molecule has 0 fully saturated rings. The summed E-state index contributed by atoms with van der Waals surface area (Å²) in [6.45, 7) is 1.84. The summed E-state index contributed by atoms with van der Waals surface area (Å²) in [7, 11) is 0. The molecule has 2 heterocycles. The molecule has 2 rings (SSSR count). The van der Waals surface area contributed by atoms with Crippen molar-refractivity contribution in [2.45, 2.75) is 6.92 Å². The van der Waals surface area contributed by atoms with E-state index in [1.54, 1.807) is 11.3 Å². The Morgan fingerprint density at radius 2 is 1.93 bits per heavy atom. The lowest BCUT2D eigenvalue weighted by atomic mass is 10.3. The number of fused-ring (bicyclic) bond motifs is 1. The maximum Gasteiger partial charge on any atom is 0.346 e. The van der Waals surface area contributed by atoms with E-state index in [9.17, 15) is 4.79 Å². The molecule has 74 valence electrons. The van der Waals surface area contributed by atoms with Gasteiger partial charge in [-0.3, -0.25) is 0 Å². The molecular weight excluding hydrogens is 352 g/mol. The summed E-state index contributed by atoms with van der Waals surface area (Å²) in [5.41, 5.74) is 0.855. The van der Waals surface area contributed by atoms with Gasteiger partial charge in [0.2, 0.25) is 0 Å². The highest BCUT2D eigenvalue weighted by atomic mass is 79.9. The first-order valence-electron chi connectivity index (χ1n) is 3.62. The van der Waals surface area contributed by atoms with E-state index in [0.29, 0.717) is 4.88 Å². The third-order valence-electron chi connectivity index (χ3n) is 1.85. The van der Waals surface area contributed by atoms with Crippen LogP contribution in [-0.2, 0) is 0 Å². The summed E-state index contributed by atoms with van der Waals surface area (Å²) < 4.78 is 4.03. The van der Waals surface area contributed by atoms with Crippen molar-refractivity contribution in [3.63, 3.8) is 0 Å². The Bertz CT molecular complexity index is 527. The Labute approximate surface area is 105 Å². The van der Waals surface area contributed by atoms with Crippen LogP contribution < -0.4 is 0 Å². The number of carboxylic acid groups (broad SMARTS) is 1. The smallest absolute Gasteiger partial charge is 0.346 e. The van der Waals surface area contributed by atoms with Gasteiger partial charge in [-0.25, -0.2) is 4.79 Å². The fourth-order valence-electron chi connectivity index (χ4n) is 1.19. The van der Waals surface area contributed by atoms with Crippen molar-refractivity contribution in [1.29, 1.82) is 0 Å². The zero-order valence-corrected chi connectivity index (χ0v) is 11.7. The van der Waals surface area contributed by atoms with Gasteiger partial charge in [-0.1, -0.05) is 0 Å². The highest BCUT2D eigenvalue weighted by Crippen LogP contribution is 2.45. The second-order valence-electron chi connectivity index (χ2n) is 2.71. The number of thiophene rings is 2. The molecule has 0 saturated carbocycles. The minimum atomic E-state index is -0.848. The molecule has 2 aromatic heterocycles. The quantitative estimate of drug-likeness (QED) is 0.817. The van der Waals surface area contributed by atoms with Crippen molar-refractivity contribution in [2.24, 2.45) is 0 Å². The third-order valence-corrected chi connectivity index (χ3v) is 7.11. The van der Waals surface area contributed by atoms with Crippen LogP contribution in [0.3, 0.4) is 0 Å². The van der Waals surface area contributed by atoms with E-state index in [0.717, 1.165) is 23.2 Å². The minimum absolute atomic E-state index is 0.430. The number of hydrogen-bond acceptors (Lipinski definition) is 3. The fourth-order valence-corrected chi connectivity index (χ4v) is 5.01. The summed E-state index contributed by atoms with van der Waals surface area (Å²) >= 11 is 9.72. The normalized spacial score (nSPS) is 11.1. The molecule has 0 amide bonds. The van der Waals surface area contributed by atoms with E-state index in [-0.39, 0.29) is 0 Å². The molecule has 0 spiro atoms. The van der Waals surface area contributed by atoms with Crippen LogP contribution in [0.25, 0.3) is 9.40 Å². The van der Waals surface area contributed by atoms with Crippen molar-refractivity contribution < 1.29 is 9.90 Å². The van der Waals surface area contributed by atoms with E-state index >= 15 is 0 Å². The van der Waals surface area contributed by atoms with Crippen LogP contribution in [0.1, 0.15) is 15.2 Å². The average molecular weight is 356 g/mol. The Balaban J connectivity index is 2.83. The van der Waals surface area contributed by atoms with Gasteiger partial charge in [-0.15, -0.1) is 22.7 Å². The monoisotopic (exact) mass is 354 g/mol. The number of carboxylic acids is 1. The fraction of sp³-hybridized carbons (Fsp3) is 0.125. The molecule has 0 unspecified atom stereocenters. The molecule has 0 aromatic carbocycles. The molecule has 0 aliphatic rings. The van der Waals surface area contributed by atoms with E-state index in [1.807, 2.05) is 6.92 Å². The third kappa shape index (κ3) is 1.44. The molecule has 6 heteroatoms. The highest BCUT2D eigenvalue weighted by Gasteiger charge is 2.19. The molecule has 2 nitrogen and oxygen atoms in total. The molecular formula is C8H4Br2O2S2. The second-order valence-corrected chi connectivity index (χ2v) is 6.86. The van der Waals surface area contributed by atoms with Gasteiger partial charge in [0, 0.05) is 0 Å².